The average Bonchev–Trinajstić information content (AvgIpc) is 3.21. The van der Waals surface area contributed by atoms with Gasteiger partial charge in [-0.2, -0.15) is 0 Å². The molecule has 0 spiro atoms. The van der Waals surface area contributed by atoms with Crippen LogP contribution < -0.4 is 5.32 Å². The molecule has 0 atom stereocenters. The van der Waals surface area contributed by atoms with Gasteiger partial charge >= 0.3 is 0 Å². The number of amides is 2. The lowest BCUT2D eigenvalue weighted by Crippen LogP contribution is -2.35. The molecule has 0 radical (unpaired) electrons. The minimum absolute atomic E-state index is 0.0755. The number of aromatic nitrogens is 3. The first-order valence-corrected chi connectivity index (χ1v) is 12.3. The molecule has 0 unspecified atom stereocenters. The van der Waals surface area contributed by atoms with Crippen LogP contribution in [-0.4, -0.2) is 50.3 Å². The van der Waals surface area contributed by atoms with Crippen LogP contribution in [0.15, 0.2) is 59.8 Å². The van der Waals surface area contributed by atoms with Crippen LogP contribution in [0.25, 0.3) is 0 Å². The van der Waals surface area contributed by atoms with E-state index in [1.807, 2.05) is 58.9 Å². The molecule has 1 aromatic heterocycles. The number of hydrogen-bond acceptors (Lipinski definition) is 5. The summed E-state index contributed by atoms with van der Waals surface area (Å²) >= 11 is 1.37. The monoisotopic (exact) mass is 463 g/mol. The van der Waals surface area contributed by atoms with Gasteiger partial charge in [0.25, 0.3) is 5.91 Å². The number of aryl methyl sites for hydroxylation is 1. The average molecular weight is 464 g/mol. The van der Waals surface area contributed by atoms with Crippen molar-refractivity contribution in [3.8, 4) is 0 Å². The Morgan fingerprint density at radius 1 is 0.970 bits per heavy atom. The van der Waals surface area contributed by atoms with E-state index >= 15 is 0 Å². The van der Waals surface area contributed by atoms with E-state index in [1.54, 1.807) is 0 Å². The number of nitrogens with one attached hydrogen (secondary N) is 1. The third kappa shape index (κ3) is 6.22. The molecule has 0 saturated carbocycles. The standard InChI is InChI=1S/C25H29N5O2S/c1-19-27-28-25(30(19)17-20-9-4-2-5-10-20)33-18-23(31)26-16-21-11-8-12-22(15-21)24(32)29-13-6-3-7-14-29/h2,4-5,8-12,15H,3,6-7,13-14,16-18H2,1H3,(H,26,31). The molecule has 2 aromatic carbocycles. The first-order chi connectivity index (χ1) is 16.1. The molecule has 172 valence electrons. The molecule has 2 amide bonds. The van der Waals surface area contributed by atoms with E-state index in [1.165, 1.54) is 18.2 Å². The molecule has 3 aromatic rings. The van der Waals surface area contributed by atoms with Gasteiger partial charge in [-0.05, 0) is 49.4 Å². The largest absolute Gasteiger partial charge is 0.351 e. The third-order valence-electron chi connectivity index (χ3n) is 5.72. The van der Waals surface area contributed by atoms with E-state index in [0.29, 0.717) is 18.7 Å². The molecule has 1 N–H and O–H groups in total. The predicted molar refractivity (Wildman–Crippen MR) is 129 cm³/mol. The predicted octanol–water partition coefficient (Wildman–Crippen LogP) is 3.67. The second-order valence-corrected chi connectivity index (χ2v) is 9.16. The smallest absolute Gasteiger partial charge is 0.253 e. The highest BCUT2D eigenvalue weighted by atomic mass is 32.2. The molecule has 1 saturated heterocycles. The normalized spacial score (nSPS) is 13.7. The van der Waals surface area contributed by atoms with Gasteiger partial charge in [0.2, 0.25) is 5.91 Å². The fraction of sp³-hybridized carbons (Fsp3) is 0.360. The van der Waals surface area contributed by atoms with Gasteiger partial charge < -0.3 is 14.8 Å². The Labute approximate surface area is 198 Å². The number of likely N-dealkylation sites (tertiary alicyclic amines) is 1. The van der Waals surface area contributed by atoms with E-state index < -0.39 is 0 Å². The molecule has 4 rings (SSSR count). The van der Waals surface area contributed by atoms with Crippen LogP contribution in [0.2, 0.25) is 0 Å². The highest BCUT2D eigenvalue weighted by molar-refractivity contribution is 7.99. The number of hydrogen-bond donors (Lipinski definition) is 1. The minimum atomic E-state index is -0.0836. The number of nitrogens with zero attached hydrogens (tertiary/aromatic N) is 4. The Hall–Kier alpha value is -3.13. The van der Waals surface area contributed by atoms with Crippen LogP contribution in [0, 0.1) is 6.92 Å². The number of rotatable bonds is 8. The van der Waals surface area contributed by atoms with E-state index in [9.17, 15) is 9.59 Å². The summed E-state index contributed by atoms with van der Waals surface area (Å²) in [6.45, 7) is 4.62. The number of carbonyl (C=O) groups is 2. The van der Waals surface area contributed by atoms with Gasteiger partial charge in [0, 0.05) is 25.2 Å². The summed E-state index contributed by atoms with van der Waals surface area (Å²) in [5, 5.41) is 12.1. The number of piperidine rings is 1. The Balaban J connectivity index is 1.29. The molecule has 0 aliphatic carbocycles. The SMILES string of the molecule is Cc1nnc(SCC(=O)NCc2cccc(C(=O)N3CCCCC3)c2)n1Cc1ccccc1. The van der Waals surface area contributed by atoms with Crippen LogP contribution in [0.4, 0.5) is 0 Å². The van der Waals surface area contributed by atoms with Crippen molar-refractivity contribution in [3.05, 3.63) is 77.1 Å². The van der Waals surface area contributed by atoms with E-state index in [0.717, 1.165) is 48.0 Å². The molecule has 8 heteroatoms. The van der Waals surface area contributed by atoms with Gasteiger partial charge in [-0.25, -0.2) is 0 Å². The number of carbonyl (C=O) groups excluding carboxylic acids is 2. The Morgan fingerprint density at radius 3 is 2.52 bits per heavy atom. The fourth-order valence-electron chi connectivity index (χ4n) is 3.89. The Bertz CT molecular complexity index is 1090. The molecular weight excluding hydrogens is 434 g/mol. The maximum absolute atomic E-state index is 12.7. The number of benzene rings is 2. The van der Waals surface area contributed by atoms with Crippen LogP contribution in [0.3, 0.4) is 0 Å². The van der Waals surface area contributed by atoms with Crippen LogP contribution >= 0.6 is 11.8 Å². The van der Waals surface area contributed by atoms with Crippen molar-refractivity contribution < 1.29 is 9.59 Å². The molecule has 1 fully saturated rings. The molecule has 33 heavy (non-hydrogen) atoms. The van der Waals surface area contributed by atoms with Crippen molar-refractivity contribution in [2.24, 2.45) is 0 Å². The second kappa shape index (κ2) is 11.1. The van der Waals surface area contributed by atoms with Crippen molar-refractivity contribution >= 4 is 23.6 Å². The zero-order chi connectivity index (χ0) is 23.0. The van der Waals surface area contributed by atoms with Gasteiger partial charge in [-0.3, -0.25) is 9.59 Å². The maximum Gasteiger partial charge on any atom is 0.253 e. The lowest BCUT2D eigenvalue weighted by Gasteiger charge is -2.26. The fourth-order valence-corrected chi connectivity index (χ4v) is 4.71. The third-order valence-corrected chi connectivity index (χ3v) is 6.69. The lowest BCUT2D eigenvalue weighted by atomic mass is 10.1. The number of thioether (sulfide) groups is 1. The zero-order valence-corrected chi connectivity index (χ0v) is 19.7. The van der Waals surface area contributed by atoms with Crippen LogP contribution in [0.5, 0.6) is 0 Å². The summed E-state index contributed by atoms with van der Waals surface area (Å²) in [4.78, 5) is 27.1. The van der Waals surface area contributed by atoms with E-state index in [-0.39, 0.29) is 17.6 Å². The topological polar surface area (TPSA) is 80.1 Å². The quantitative estimate of drug-likeness (QED) is 0.516. The van der Waals surface area contributed by atoms with Gasteiger partial charge in [0.05, 0.1) is 12.3 Å². The summed E-state index contributed by atoms with van der Waals surface area (Å²) in [5.41, 5.74) is 2.76. The maximum atomic E-state index is 12.7. The zero-order valence-electron chi connectivity index (χ0n) is 18.9. The van der Waals surface area contributed by atoms with Crippen molar-refractivity contribution in [2.45, 2.75) is 44.4 Å². The molecular formula is C25H29N5O2S. The van der Waals surface area contributed by atoms with Crippen LogP contribution in [0.1, 0.15) is 46.6 Å². The Kier molecular flexibility index (Phi) is 7.78. The summed E-state index contributed by atoms with van der Waals surface area (Å²) < 4.78 is 2.02. The van der Waals surface area contributed by atoms with Crippen LogP contribution in [-0.2, 0) is 17.9 Å². The van der Waals surface area contributed by atoms with E-state index in [4.69, 9.17) is 0 Å². The summed E-state index contributed by atoms with van der Waals surface area (Å²) in [6, 6.07) is 17.7. The molecule has 1 aliphatic rings. The first-order valence-electron chi connectivity index (χ1n) is 11.3. The lowest BCUT2D eigenvalue weighted by molar-refractivity contribution is -0.118. The van der Waals surface area contributed by atoms with Crippen molar-refractivity contribution in [1.82, 2.24) is 25.0 Å². The summed E-state index contributed by atoms with van der Waals surface area (Å²) in [7, 11) is 0. The summed E-state index contributed by atoms with van der Waals surface area (Å²) in [6.07, 6.45) is 3.32. The van der Waals surface area contributed by atoms with E-state index in [2.05, 4.69) is 27.6 Å². The van der Waals surface area contributed by atoms with Gasteiger partial charge in [-0.1, -0.05) is 54.2 Å². The molecule has 7 nitrogen and oxygen atoms in total. The summed E-state index contributed by atoms with van der Waals surface area (Å²) in [5.74, 6) is 1.06. The second-order valence-electron chi connectivity index (χ2n) is 8.22. The van der Waals surface area contributed by atoms with Crippen molar-refractivity contribution in [2.75, 3.05) is 18.8 Å². The Morgan fingerprint density at radius 2 is 1.73 bits per heavy atom. The van der Waals surface area contributed by atoms with Gasteiger partial charge in [-0.15, -0.1) is 10.2 Å². The van der Waals surface area contributed by atoms with Crippen molar-refractivity contribution in [3.63, 3.8) is 0 Å². The first kappa shape index (κ1) is 23.0. The molecule has 0 bridgehead atoms. The minimum Gasteiger partial charge on any atom is -0.351 e. The highest BCUT2D eigenvalue weighted by Crippen LogP contribution is 2.19. The highest BCUT2D eigenvalue weighted by Gasteiger charge is 2.18. The van der Waals surface area contributed by atoms with Crippen molar-refractivity contribution in [1.29, 1.82) is 0 Å². The molecule has 1 aliphatic heterocycles. The van der Waals surface area contributed by atoms with Gasteiger partial charge in [0.15, 0.2) is 5.16 Å². The van der Waals surface area contributed by atoms with Gasteiger partial charge in [0.1, 0.15) is 5.82 Å². The molecule has 2 heterocycles.